The van der Waals surface area contributed by atoms with Gasteiger partial charge in [-0.05, 0) is 99.2 Å². The summed E-state index contributed by atoms with van der Waals surface area (Å²) in [7, 11) is 0. The maximum Gasteiger partial charge on any atom is 0.410 e. The summed E-state index contributed by atoms with van der Waals surface area (Å²) < 4.78 is 8.17. The minimum absolute atomic E-state index is 0.106. The van der Waals surface area contributed by atoms with Crippen molar-refractivity contribution in [2.45, 2.75) is 95.7 Å². The van der Waals surface area contributed by atoms with Crippen LogP contribution in [0.1, 0.15) is 78.7 Å². The Morgan fingerprint density at radius 3 is 2.58 bits per heavy atom. The highest BCUT2D eigenvalue weighted by Crippen LogP contribution is 2.38. The van der Waals surface area contributed by atoms with Gasteiger partial charge in [-0.25, -0.2) is 9.78 Å². The lowest BCUT2D eigenvalue weighted by Gasteiger charge is -2.45. The Labute approximate surface area is 311 Å². The first-order valence-corrected chi connectivity index (χ1v) is 19.0. The molecule has 3 aliphatic rings. The quantitative estimate of drug-likeness (QED) is 0.214. The average molecular weight is 725 g/mol. The van der Waals surface area contributed by atoms with E-state index in [0.717, 1.165) is 48.3 Å². The number of imidazole rings is 1. The molecule has 52 heavy (non-hydrogen) atoms. The number of aryl methyl sites for hydroxylation is 4. The molecule has 11 heteroatoms. The lowest BCUT2D eigenvalue weighted by atomic mass is 9.85. The zero-order valence-corrected chi connectivity index (χ0v) is 30.9. The zero-order chi connectivity index (χ0) is 36.2. The van der Waals surface area contributed by atoms with Crippen molar-refractivity contribution >= 4 is 23.6 Å². The van der Waals surface area contributed by atoms with Crippen molar-refractivity contribution in [2.75, 3.05) is 26.2 Å². The molecule has 4 aromatic rings. The third-order valence-electron chi connectivity index (χ3n) is 11.0. The fourth-order valence-corrected chi connectivity index (χ4v) is 8.28. The molecule has 274 valence electrons. The molecule has 1 saturated heterocycles. The first kappa shape index (κ1) is 36.1. The van der Waals surface area contributed by atoms with Crippen LogP contribution in [0.3, 0.4) is 0 Å². The molecule has 7 rings (SSSR count). The van der Waals surface area contributed by atoms with Crippen LogP contribution in [0, 0.1) is 6.92 Å². The van der Waals surface area contributed by atoms with Crippen molar-refractivity contribution in [2.24, 2.45) is 0 Å². The first-order chi connectivity index (χ1) is 25.1. The van der Waals surface area contributed by atoms with Crippen LogP contribution in [-0.4, -0.2) is 90.3 Å². The number of ether oxygens (including phenoxy) is 1. The lowest BCUT2D eigenvalue weighted by Crippen LogP contribution is -2.62. The summed E-state index contributed by atoms with van der Waals surface area (Å²) in [6.07, 6.45) is 9.65. The molecule has 3 heterocycles. The summed E-state index contributed by atoms with van der Waals surface area (Å²) in [5.41, 5.74) is 5.70. The molecule has 2 fully saturated rings. The smallest absolute Gasteiger partial charge is 0.410 e. The van der Waals surface area contributed by atoms with Gasteiger partial charge >= 0.3 is 6.09 Å². The number of hydrogen-bond donors (Lipinski definition) is 1. The zero-order valence-electron chi connectivity index (χ0n) is 30.2. The molecular weight excluding hydrogens is 676 g/mol. The molecule has 10 nitrogen and oxygen atoms in total. The number of carbonyl (C=O) groups is 2. The third-order valence-corrected chi connectivity index (χ3v) is 11.2. The minimum atomic E-state index is -0.779. The standard InChI is InChI=1S/C41H49ClN6O4/c1-29-25-45(28-44-29)20-7-21-47(26-30-8-4-3-5-9-30)39(49)36-27-46(22-23-48(36)40(50)52-34-15-17-41(2,51)18-16-34)38-35-14-13-33(42)24-32(35)12-11-31-10-6-19-43-37(31)38/h3-6,8-10,13-14,19,24-25,28,34,36,38,51H,7,11-12,15-18,20-23,26-27H2,1-2H3/t34?,36-,38?,41?/m1/s1. The van der Waals surface area contributed by atoms with Crippen LogP contribution >= 0.6 is 11.6 Å². The maximum absolute atomic E-state index is 15.0. The fraction of sp³-hybridized carbons (Fsp3) is 0.463. The predicted octanol–water partition coefficient (Wildman–Crippen LogP) is 6.36. The predicted molar refractivity (Wildman–Crippen MR) is 200 cm³/mol. The number of fused-ring (bicyclic) bond motifs is 2. The Morgan fingerprint density at radius 1 is 1.02 bits per heavy atom. The molecule has 2 aliphatic carbocycles. The van der Waals surface area contributed by atoms with Gasteiger partial charge in [0.25, 0.3) is 0 Å². The largest absolute Gasteiger partial charge is 0.446 e. The van der Waals surface area contributed by atoms with E-state index in [2.05, 4.69) is 28.1 Å². The van der Waals surface area contributed by atoms with Gasteiger partial charge in [0.2, 0.25) is 5.91 Å². The molecule has 2 amide bonds. The summed E-state index contributed by atoms with van der Waals surface area (Å²) in [6, 6.07) is 19.2. The SMILES string of the molecule is Cc1cn(CCCN(Cc2ccccc2)C(=O)[C@H]2CN(C3c4ccc(Cl)cc4CCc4cccnc43)CCN2C(=O)OC2CCC(C)(O)CC2)cn1. The number of rotatable bonds is 9. The Kier molecular flexibility index (Phi) is 11.0. The van der Waals surface area contributed by atoms with Crippen LogP contribution in [0.25, 0.3) is 0 Å². The van der Waals surface area contributed by atoms with Crippen molar-refractivity contribution in [1.82, 2.24) is 29.2 Å². The van der Waals surface area contributed by atoms with E-state index in [4.69, 9.17) is 21.3 Å². The highest BCUT2D eigenvalue weighted by Gasteiger charge is 2.43. The Balaban J connectivity index is 1.20. The van der Waals surface area contributed by atoms with Crippen molar-refractivity contribution < 1.29 is 19.4 Å². The molecule has 1 unspecified atom stereocenters. The number of piperazine rings is 1. The van der Waals surface area contributed by atoms with Gasteiger partial charge in [0.1, 0.15) is 12.1 Å². The van der Waals surface area contributed by atoms with Gasteiger partial charge in [0, 0.05) is 56.7 Å². The Bertz CT molecular complexity index is 1850. The van der Waals surface area contributed by atoms with Crippen LogP contribution in [0.5, 0.6) is 0 Å². The van der Waals surface area contributed by atoms with Crippen LogP contribution in [0.2, 0.25) is 5.02 Å². The number of hydrogen-bond acceptors (Lipinski definition) is 7. The number of pyridine rings is 1. The summed E-state index contributed by atoms with van der Waals surface area (Å²) in [4.78, 5) is 44.3. The van der Waals surface area contributed by atoms with Crippen molar-refractivity contribution in [1.29, 1.82) is 0 Å². The molecule has 1 saturated carbocycles. The van der Waals surface area contributed by atoms with E-state index >= 15 is 4.79 Å². The Morgan fingerprint density at radius 2 is 1.81 bits per heavy atom. The van der Waals surface area contributed by atoms with Gasteiger partial charge in [-0.1, -0.05) is 54.1 Å². The highest BCUT2D eigenvalue weighted by molar-refractivity contribution is 6.30. The van der Waals surface area contributed by atoms with Gasteiger partial charge < -0.3 is 19.3 Å². The molecule has 2 aromatic heterocycles. The first-order valence-electron chi connectivity index (χ1n) is 18.6. The molecular formula is C41H49ClN6O4. The van der Waals surface area contributed by atoms with E-state index in [9.17, 15) is 9.90 Å². The third kappa shape index (κ3) is 8.35. The van der Waals surface area contributed by atoms with E-state index in [1.807, 2.05) is 84.5 Å². The number of nitrogens with zero attached hydrogens (tertiary/aromatic N) is 6. The molecule has 2 aromatic carbocycles. The maximum atomic E-state index is 15.0. The van der Waals surface area contributed by atoms with Crippen LogP contribution < -0.4 is 0 Å². The molecule has 2 atom stereocenters. The topological polar surface area (TPSA) is 104 Å². The van der Waals surface area contributed by atoms with E-state index in [1.54, 1.807) is 4.90 Å². The second-order valence-corrected chi connectivity index (χ2v) is 15.4. The number of aromatic nitrogens is 3. The molecule has 0 spiro atoms. The van der Waals surface area contributed by atoms with Crippen LogP contribution in [0.15, 0.2) is 79.4 Å². The number of carbonyl (C=O) groups excluding carboxylic acids is 2. The van der Waals surface area contributed by atoms with Crippen molar-refractivity contribution in [3.63, 3.8) is 0 Å². The van der Waals surface area contributed by atoms with E-state index in [-0.39, 0.29) is 18.1 Å². The summed E-state index contributed by atoms with van der Waals surface area (Å²) in [5.74, 6) is -0.106. The summed E-state index contributed by atoms with van der Waals surface area (Å²) >= 11 is 6.52. The normalized spacial score (nSPS) is 23.3. The lowest BCUT2D eigenvalue weighted by molar-refractivity contribution is -0.140. The average Bonchev–Trinajstić information content (AvgIpc) is 3.49. The van der Waals surface area contributed by atoms with Gasteiger partial charge in [-0.3, -0.25) is 19.6 Å². The second-order valence-electron chi connectivity index (χ2n) is 14.9. The molecule has 1 N–H and O–H groups in total. The monoisotopic (exact) mass is 724 g/mol. The van der Waals surface area contributed by atoms with Gasteiger partial charge in [0.05, 0.1) is 29.4 Å². The van der Waals surface area contributed by atoms with Gasteiger partial charge in [-0.2, -0.15) is 0 Å². The molecule has 1 aliphatic heterocycles. The summed E-state index contributed by atoms with van der Waals surface area (Å²) in [6.45, 7) is 6.65. The highest BCUT2D eigenvalue weighted by atomic mass is 35.5. The second kappa shape index (κ2) is 15.8. The van der Waals surface area contributed by atoms with E-state index in [1.165, 1.54) is 11.1 Å². The van der Waals surface area contributed by atoms with E-state index in [0.29, 0.717) is 63.4 Å². The van der Waals surface area contributed by atoms with Gasteiger partial charge in [-0.15, -0.1) is 0 Å². The Hall–Kier alpha value is -4.25. The number of amides is 2. The number of halogens is 1. The van der Waals surface area contributed by atoms with Gasteiger partial charge in [0.15, 0.2) is 0 Å². The number of aliphatic hydroxyl groups is 1. The van der Waals surface area contributed by atoms with Crippen molar-refractivity contribution in [3.8, 4) is 0 Å². The van der Waals surface area contributed by atoms with Crippen LogP contribution in [-0.2, 0) is 35.5 Å². The van der Waals surface area contributed by atoms with Crippen LogP contribution in [0.4, 0.5) is 4.79 Å². The number of benzene rings is 2. The molecule has 0 radical (unpaired) electrons. The molecule has 0 bridgehead atoms. The fourth-order valence-electron chi connectivity index (χ4n) is 8.08. The summed E-state index contributed by atoms with van der Waals surface area (Å²) in [5, 5.41) is 11.2. The van der Waals surface area contributed by atoms with Crippen molar-refractivity contribution in [3.05, 3.63) is 118 Å². The van der Waals surface area contributed by atoms with E-state index < -0.39 is 17.7 Å². The minimum Gasteiger partial charge on any atom is -0.446 e.